The van der Waals surface area contributed by atoms with Crippen LogP contribution in [0.4, 0.5) is 13.2 Å². The molecule has 2 heterocycles. The molecule has 2 N–H and O–H groups in total. The maximum atomic E-state index is 12.6. The highest BCUT2D eigenvalue weighted by molar-refractivity contribution is 5.92. The van der Waals surface area contributed by atoms with Crippen molar-refractivity contribution in [3.8, 4) is 11.7 Å². The number of H-pyrrole nitrogens is 1. The molecule has 0 bridgehead atoms. The molecule has 0 aliphatic heterocycles. The van der Waals surface area contributed by atoms with Crippen LogP contribution >= 0.6 is 0 Å². The molecular weight excluding hydrogens is 365 g/mol. The van der Waals surface area contributed by atoms with Crippen molar-refractivity contribution in [1.82, 2.24) is 20.3 Å². The summed E-state index contributed by atoms with van der Waals surface area (Å²) in [7, 11) is 0. The van der Waals surface area contributed by atoms with Crippen molar-refractivity contribution >= 4 is 5.91 Å². The SMILES string of the molecule is C[C@@H](NC(=O)c1cc(=O)[nH]c(-c2ncco2)n1)c1ccc(C(F)(F)F)cc1. The van der Waals surface area contributed by atoms with Crippen LogP contribution in [0.25, 0.3) is 11.7 Å². The Morgan fingerprint density at radius 2 is 1.96 bits per heavy atom. The Hall–Kier alpha value is -3.43. The maximum absolute atomic E-state index is 12.6. The summed E-state index contributed by atoms with van der Waals surface area (Å²) >= 11 is 0. The molecular formula is C17H13F3N4O3. The number of alkyl halides is 3. The van der Waals surface area contributed by atoms with Crippen LogP contribution in [0.3, 0.4) is 0 Å². The Morgan fingerprint density at radius 3 is 2.56 bits per heavy atom. The fourth-order valence-corrected chi connectivity index (χ4v) is 2.33. The Balaban J connectivity index is 1.78. The minimum absolute atomic E-state index is 0.0140. The number of oxazole rings is 1. The van der Waals surface area contributed by atoms with Gasteiger partial charge in [-0.25, -0.2) is 9.97 Å². The normalized spacial score (nSPS) is 12.6. The third-order valence-electron chi connectivity index (χ3n) is 3.69. The molecule has 1 atom stereocenters. The summed E-state index contributed by atoms with van der Waals surface area (Å²) in [5, 5.41) is 2.58. The number of aromatic amines is 1. The Bertz CT molecular complexity index is 996. The highest BCUT2D eigenvalue weighted by atomic mass is 19.4. The number of carbonyl (C=O) groups is 1. The first-order chi connectivity index (χ1) is 12.7. The highest BCUT2D eigenvalue weighted by Crippen LogP contribution is 2.29. The van der Waals surface area contributed by atoms with Crippen molar-refractivity contribution in [1.29, 1.82) is 0 Å². The molecule has 140 valence electrons. The van der Waals surface area contributed by atoms with Gasteiger partial charge < -0.3 is 14.7 Å². The van der Waals surface area contributed by atoms with Crippen molar-refractivity contribution < 1.29 is 22.4 Å². The van der Waals surface area contributed by atoms with Crippen LogP contribution in [0.1, 0.15) is 34.6 Å². The lowest BCUT2D eigenvalue weighted by atomic mass is 10.1. The standard InChI is InChI=1S/C17H13F3N4O3/c1-9(10-2-4-11(5-3-10)17(18,19)20)22-15(26)12-8-13(25)24-14(23-12)16-21-6-7-27-16/h2-9H,1H3,(H,22,26)(H,23,24,25)/t9-/m1/s1. The first-order valence-electron chi connectivity index (χ1n) is 7.73. The van der Waals surface area contributed by atoms with Gasteiger partial charge >= 0.3 is 6.18 Å². The van der Waals surface area contributed by atoms with E-state index in [9.17, 15) is 22.8 Å². The van der Waals surface area contributed by atoms with E-state index < -0.39 is 29.2 Å². The molecule has 2 aromatic heterocycles. The number of hydrogen-bond donors (Lipinski definition) is 2. The predicted octanol–water partition coefficient (Wildman–Crippen LogP) is 2.93. The number of aromatic nitrogens is 3. The fraction of sp³-hybridized carbons (Fsp3) is 0.176. The number of benzene rings is 1. The quantitative estimate of drug-likeness (QED) is 0.727. The van der Waals surface area contributed by atoms with E-state index in [0.717, 1.165) is 18.2 Å². The molecule has 0 fully saturated rings. The van der Waals surface area contributed by atoms with E-state index in [1.54, 1.807) is 6.92 Å². The smallest absolute Gasteiger partial charge is 0.416 e. The van der Waals surface area contributed by atoms with Gasteiger partial charge in [0.2, 0.25) is 0 Å². The zero-order chi connectivity index (χ0) is 19.6. The van der Waals surface area contributed by atoms with Crippen LogP contribution in [0.15, 0.2) is 52.0 Å². The molecule has 3 rings (SSSR count). The fourth-order valence-electron chi connectivity index (χ4n) is 2.33. The van der Waals surface area contributed by atoms with E-state index in [4.69, 9.17) is 4.42 Å². The van der Waals surface area contributed by atoms with Crippen LogP contribution in [0, 0.1) is 0 Å². The number of hydrogen-bond acceptors (Lipinski definition) is 5. The average Bonchev–Trinajstić information content (AvgIpc) is 3.15. The molecule has 7 nitrogen and oxygen atoms in total. The molecule has 0 unspecified atom stereocenters. The van der Waals surface area contributed by atoms with E-state index in [-0.39, 0.29) is 17.4 Å². The third-order valence-corrected chi connectivity index (χ3v) is 3.69. The molecule has 1 amide bonds. The minimum Gasteiger partial charge on any atom is -0.442 e. The van der Waals surface area contributed by atoms with Gasteiger partial charge in [0.25, 0.3) is 17.4 Å². The molecule has 0 saturated heterocycles. The Morgan fingerprint density at radius 1 is 1.26 bits per heavy atom. The summed E-state index contributed by atoms with van der Waals surface area (Å²) < 4.78 is 42.9. The highest BCUT2D eigenvalue weighted by Gasteiger charge is 2.30. The van der Waals surface area contributed by atoms with Gasteiger partial charge in [-0.2, -0.15) is 13.2 Å². The summed E-state index contributed by atoms with van der Waals surface area (Å²) in [6.45, 7) is 1.60. The van der Waals surface area contributed by atoms with Gasteiger partial charge in [-0.1, -0.05) is 12.1 Å². The van der Waals surface area contributed by atoms with Gasteiger partial charge in [-0.15, -0.1) is 0 Å². The summed E-state index contributed by atoms with van der Waals surface area (Å²) in [5.41, 5.74) is -1.07. The van der Waals surface area contributed by atoms with Crippen LogP contribution in [-0.4, -0.2) is 20.9 Å². The van der Waals surface area contributed by atoms with Crippen molar-refractivity contribution in [2.24, 2.45) is 0 Å². The largest absolute Gasteiger partial charge is 0.442 e. The lowest BCUT2D eigenvalue weighted by Crippen LogP contribution is -2.29. The second kappa shape index (κ2) is 7.06. The van der Waals surface area contributed by atoms with Gasteiger partial charge in [-0.05, 0) is 24.6 Å². The molecule has 27 heavy (non-hydrogen) atoms. The van der Waals surface area contributed by atoms with Crippen molar-refractivity contribution in [3.63, 3.8) is 0 Å². The van der Waals surface area contributed by atoms with E-state index in [2.05, 4.69) is 20.3 Å². The van der Waals surface area contributed by atoms with Crippen molar-refractivity contribution in [3.05, 3.63) is 70.0 Å². The lowest BCUT2D eigenvalue weighted by Gasteiger charge is -2.15. The first kappa shape index (κ1) is 18.4. The zero-order valence-electron chi connectivity index (χ0n) is 13.9. The van der Waals surface area contributed by atoms with Crippen LogP contribution in [0.5, 0.6) is 0 Å². The lowest BCUT2D eigenvalue weighted by molar-refractivity contribution is -0.137. The second-order valence-corrected chi connectivity index (χ2v) is 5.63. The van der Waals surface area contributed by atoms with E-state index in [1.807, 2.05) is 0 Å². The molecule has 1 aromatic carbocycles. The molecule has 0 radical (unpaired) electrons. The van der Waals surface area contributed by atoms with Gasteiger partial charge in [0.1, 0.15) is 12.0 Å². The molecule has 0 saturated carbocycles. The van der Waals surface area contributed by atoms with Crippen LogP contribution in [0.2, 0.25) is 0 Å². The number of amides is 1. The van der Waals surface area contributed by atoms with E-state index in [1.165, 1.54) is 24.6 Å². The van der Waals surface area contributed by atoms with Crippen LogP contribution < -0.4 is 10.9 Å². The number of nitrogens with zero attached hydrogens (tertiary/aromatic N) is 2. The van der Waals surface area contributed by atoms with Crippen LogP contribution in [-0.2, 0) is 6.18 Å². The number of rotatable bonds is 4. The summed E-state index contributed by atoms with van der Waals surface area (Å²) in [6.07, 6.45) is -1.79. The maximum Gasteiger partial charge on any atom is 0.416 e. The minimum atomic E-state index is -4.43. The number of nitrogens with one attached hydrogen (secondary N) is 2. The zero-order valence-corrected chi connectivity index (χ0v) is 13.9. The Kier molecular flexibility index (Phi) is 4.80. The topological polar surface area (TPSA) is 101 Å². The Labute approximate surface area is 150 Å². The average molecular weight is 378 g/mol. The third kappa shape index (κ3) is 4.22. The summed E-state index contributed by atoms with van der Waals surface area (Å²) in [4.78, 5) is 34.4. The number of halogens is 3. The molecule has 10 heteroatoms. The van der Waals surface area contributed by atoms with Gasteiger partial charge in [-0.3, -0.25) is 9.59 Å². The number of carbonyl (C=O) groups excluding carboxylic acids is 1. The molecule has 0 spiro atoms. The van der Waals surface area contributed by atoms with Crippen molar-refractivity contribution in [2.75, 3.05) is 0 Å². The molecule has 0 aliphatic carbocycles. The molecule has 0 aliphatic rings. The monoisotopic (exact) mass is 378 g/mol. The molecule has 3 aromatic rings. The van der Waals surface area contributed by atoms with E-state index in [0.29, 0.717) is 5.56 Å². The van der Waals surface area contributed by atoms with E-state index >= 15 is 0 Å². The summed E-state index contributed by atoms with van der Waals surface area (Å²) in [6, 6.07) is 4.82. The second-order valence-electron chi connectivity index (χ2n) is 5.63. The predicted molar refractivity (Wildman–Crippen MR) is 87.7 cm³/mol. The summed E-state index contributed by atoms with van der Waals surface area (Å²) in [5.74, 6) is -0.640. The van der Waals surface area contributed by atoms with Gasteiger partial charge in [0.05, 0.1) is 17.8 Å². The van der Waals surface area contributed by atoms with Gasteiger partial charge in [0.15, 0.2) is 5.82 Å². The van der Waals surface area contributed by atoms with Gasteiger partial charge in [0, 0.05) is 6.07 Å². The van der Waals surface area contributed by atoms with Crippen molar-refractivity contribution in [2.45, 2.75) is 19.1 Å². The first-order valence-corrected chi connectivity index (χ1v) is 7.73.